The summed E-state index contributed by atoms with van der Waals surface area (Å²) < 4.78 is 42.7. The molecule has 0 amide bonds. The molecule has 0 spiro atoms. The van der Waals surface area contributed by atoms with Crippen molar-refractivity contribution in [2.45, 2.75) is 32.6 Å². The summed E-state index contributed by atoms with van der Waals surface area (Å²) in [6.07, 6.45) is 0.792. The normalized spacial score (nSPS) is 11.9. The van der Waals surface area contributed by atoms with Crippen LogP contribution in [0.1, 0.15) is 36.7 Å². The fourth-order valence-corrected chi connectivity index (χ4v) is 3.63. The first-order valence-corrected chi connectivity index (χ1v) is 12.4. The number of allylic oxidation sites excluding steroid dienone is 2. The van der Waals surface area contributed by atoms with Crippen LogP contribution in [0.25, 0.3) is 11.1 Å². The lowest BCUT2D eigenvalue weighted by Gasteiger charge is -2.13. The zero-order valence-corrected chi connectivity index (χ0v) is 22.1. The standard InChI is InChI=1S/C28H30F2N4O6/c1-3-40-26(37)17-24(36)16-23(35)12-13-25(28-31-33-34(32-28)18-39-15-14-38-2)27(19-4-8-21(29)9-5-19)20-6-10-22(30)11-7-20/h4-13,23,35H,3,14-18H2,1-2H3. The lowest BCUT2D eigenvalue weighted by molar-refractivity contribution is -0.145. The molecule has 1 atom stereocenters. The first-order chi connectivity index (χ1) is 19.3. The number of methoxy groups -OCH3 is 1. The third kappa shape index (κ3) is 9.26. The Morgan fingerprint density at radius 1 is 1.02 bits per heavy atom. The minimum Gasteiger partial charge on any atom is -0.466 e. The molecule has 212 valence electrons. The van der Waals surface area contributed by atoms with Crippen LogP contribution < -0.4 is 0 Å². The Labute approximate surface area is 229 Å². The maximum absolute atomic E-state index is 13.8. The zero-order valence-electron chi connectivity index (χ0n) is 22.1. The SMILES string of the molecule is CCOC(=O)CC(=O)CC(O)C=CC(=C(c1ccc(F)cc1)c1ccc(F)cc1)c1nnn(COCCOC)n1. The number of aromatic nitrogens is 4. The van der Waals surface area contributed by atoms with Gasteiger partial charge in [0.25, 0.3) is 0 Å². The minimum atomic E-state index is -1.26. The van der Waals surface area contributed by atoms with Gasteiger partial charge >= 0.3 is 5.97 Å². The first kappa shape index (κ1) is 30.4. The molecular formula is C28H30F2N4O6. The van der Waals surface area contributed by atoms with Crippen molar-refractivity contribution in [2.75, 3.05) is 26.9 Å². The molecule has 1 unspecified atom stereocenters. The maximum Gasteiger partial charge on any atom is 0.313 e. The van der Waals surface area contributed by atoms with E-state index in [4.69, 9.17) is 14.2 Å². The lowest BCUT2D eigenvalue weighted by Crippen LogP contribution is -2.16. The van der Waals surface area contributed by atoms with Crippen LogP contribution in [-0.2, 0) is 30.5 Å². The van der Waals surface area contributed by atoms with Crippen molar-refractivity contribution in [3.05, 3.63) is 89.3 Å². The zero-order chi connectivity index (χ0) is 28.9. The van der Waals surface area contributed by atoms with Gasteiger partial charge in [-0.15, -0.1) is 15.0 Å². The molecule has 0 radical (unpaired) electrons. The Balaban J connectivity index is 2.03. The van der Waals surface area contributed by atoms with Crippen LogP contribution in [0.15, 0.2) is 60.7 Å². The van der Waals surface area contributed by atoms with Crippen LogP contribution in [0.3, 0.4) is 0 Å². The number of aliphatic hydroxyl groups is 1. The molecule has 12 heteroatoms. The molecule has 0 aliphatic carbocycles. The van der Waals surface area contributed by atoms with Gasteiger partial charge in [0, 0.05) is 24.7 Å². The van der Waals surface area contributed by atoms with Gasteiger partial charge in [0.2, 0.25) is 5.82 Å². The number of halogens is 2. The van der Waals surface area contributed by atoms with Crippen molar-refractivity contribution >= 4 is 22.9 Å². The van der Waals surface area contributed by atoms with E-state index in [9.17, 15) is 23.5 Å². The molecule has 10 nitrogen and oxygen atoms in total. The number of esters is 1. The number of nitrogens with zero attached hydrogens (tertiary/aromatic N) is 4. The molecule has 0 bridgehead atoms. The molecule has 0 aliphatic heterocycles. The Hall–Kier alpha value is -4.13. The van der Waals surface area contributed by atoms with Crippen LogP contribution >= 0.6 is 0 Å². The summed E-state index contributed by atoms with van der Waals surface area (Å²) in [4.78, 5) is 25.0. The molecule has 40 heavy (non-hydrogen) atoms. The van der Waals surface area contributed by atoms with Gasteiger partial charge in [0.1, 0.15) is 23.8 Å². The highest BCUT2D eigenvalue weighted by Crippen LogP contribution is 2.32. The molecule has 0 aliphatic rings. The average Bonchev–Trinajstić information content (AvgIpc) is 3.39. The lowest BCUT2D eigenvalue weighted by atomic mass is 9.92. The third-order valence-corrected chi connectivity index (χ3v) is 5.44. The van der Waals surface area contributed by atoms with E-state index in [0.29, 0.717) is 35.5 Å². The van der Waals surface area contributed by atoms with Gasteiger partial charge in [-0.3, -0.25) is 9.59 Å². The predicted molar refractivity (Wildman–Crippen MR) is 140 cm³/mol. The number of aliphatic hydroxyl groups excluding tert-OH is 1. The minimum absolute atomic E-state index is 0.0131. The largest absolute Gasteiger partial charge is 0.466 e. The number of ether oxygens (including phenoxy) is 3. The van der Waals surface area contributed by atoms with Gasteiger partial charge in [0.15, 0.2) is 6.73 Å². The highest BCUT2D eigenvalue weighted by Gasteiger charge is 2.19. The Morgan fingerprint density at radius 2 is 1.65 bits per heavy atom. The number of Topliss-reactive ketones (excluding diaryl/α,β-unsaturated/α-hetero) is 1. The smallest absolute Gasteiger partial charge is 0.313 e. The van der Waals surface area contributed by atoms with Gasteiger partial charge in [0.05, 0.1) is 25.9 Å². The summed E-state index contributed by atoms with van der Waals surface area (Å²) in [5, 5.41) is 23.1. The van der Waals surface area contributed by atoms with Crippen molar-refractivity contribution in [2.24, 2.45) is 0 Å². The molecule has 0 fully saturated rings. The Bertz CT molecular complexity index is 1280. The number of ketones is 1. The topological polar surface area (TPSA) is 126 Å². The van der Waals surface area contributed by atoms with E-state index >= 15 is 0 Å². The number of benzene rings is 2. The number of carbonyl (C=O) groups excluding carboxylic acids is 2. The maximum atomic E-state index is 13.8. The fraction of sp³-hybridized carbons (Fsp3) is 0.321. The summed E-state index contributed by atoms with van der Waals surface area (Å²) in [6.45, 7) is 2.44. The van der Waals surface area contributed by atoms with E-state index in [0.717, 1.165) is 0 Å². The molecule has 1 heterocycles. The van der Waals surface area contributed by atoms with Crippen LogP contribution in [0, 0.1) is 11.6 Å². The molecule has 3 rings (SSSR count). The molecule has 0 saturated heterocycles. The van der Waals surface area contributed by atoms with E-state index in [2.05, 4.69) is 15.4 Å². The van der Waals surface area contributed by atoms with Crippen LogP contribution in [0.5, 0.6) is 0 Å². The van der Waals surface area contributed by atoms with E-state index in [1.54, 1.807) is 38.3 Å². The van der Waals surface area contributed by atoms with Crippen LogP contribution in [0.2, 0.25) is 0 Å². The second-order valence-electron chi connectivity index (χ2n) is 8.47. The van der Waals surface area contributed by atoms with Crippen molar-refractivity contribution in [3.8, 4) is 0 Å². The van der Waals surface area contributed by atoms with Crippen molar-refractivity contribution in [1.29, 1.82) is 0 Å². The summed E-state index contributed by atoms with van der Waals surface area (Å²) in [7, 11) is 1.55. The van der Waals surface area contributed by atoms with Gasteiger partial charge < -0.3 is 19.3 Å². The number of tetrazole rings is 1. The number of hydrogen-bond donors (Lipinski definition) is 1. The molecular weight excluding hydrogens is 526 g/mol. The molecule has 3 aromatic rings. The first-order valence-electron chi connectivity index (χ1n) is 12.4. The highest BCUT2D eigenvalue weighted by atomic mass is 19.1. The molecule has 2 aromatic carbocycles. The number of carbonyl (C=O) groups is 2. The van der Waals surface area contributed by atoms with Gasteiger partial charge in [-0.1, -0.05) is 36.4 Å². The van der Waals surface area contributed by atoms with E-state index in [-0.39, 0.29) is 25.6 Å². The van der Waals surface area contributed by atoms with Crippen molar-refractivity contribution < 1.29 is 37.7 Å². The summed E-state index contributed by atoms with van der Waals surface area (Å²) >= 11 is 0. The van der Waals surface area contributed by atoms with Crippen LogP contribution in [-0.4, -0.2) is 70.1 Å². The predicted octanol–water partition coefficient (Wildman–Crippen LogP) is 3.36. The Kier molecular flexibility index (Phi) is 11.8. The molecule has 1 N–H and O–H groups in total. The second kappa shape index (κ2) is 15.5. The second-order valence-corrected chi connectivity index (χ2v) is 8.47. The molecule has 1 aromatic heterocycles. The third-order valence-electron chi connectivity index (χ3n) is 5.44. The number of hydrogen-bond acceptors (Lipinski definition) is 9. The van der Waals surface area contributed by atoms with Gasteiger partial charge in [-0.2, -0.15) is 0 Å². The van der Waals surface area contributed by atoms with Crippen molar-refractivity contribution in [1.82, 2.24) is 20.2 Å². The van der Waals surface area contributed by atoms with Gasteiger partial charge in [-0.25, -0.2) is 8.78 Å². The summed E-state index contributed by atoms with van der Waals surface area (Å²) in [6, 6.07) is 11.3. The summed E-state index contributed by atoms with van der Waals surface area (Å²) in [5.74, 6) is -1.96. The average molecular weight is 557 g/mol. The highest BCUT2D eigenvalue weighted by molar-refractivity contribution is 6.01. The van der Waals surface area contributed by atoms with Crippen LogP contribution in [0.4, 0.5) is 8.78 Å². The van der Waals surface area contributed by atoms with E-state index < -0.39 is 35.9 Å². The quantitative estimate of drug-likeness (QED) is 0.130. The fourth-order valence-electron chi connectivity index (χ4n) is 3.63. The monoisotopic (exact) mass is 556 g/mol. The number of rotatable bonds is 15. The van der Waals surface area contributed by atoms with E-state index in [1.165, 1.54) is 41.2 Å². The van der Waals surface area contributed by atoms with Gasteiger partial charge in [-0.05, 0) is 47.5 Å². The molecule has 0 saturated carbocycles. The Morgan fingerprint density at radius 3 is 2.23 bits per heavy atom. The summed E-state index contributed by atoms with van der Waals surface area (Å²) in [5.41, 5.74) is 1.93. The van der Waals surface area contributed by atoms with Crippen molar-refractivity contribution in [3.63, 3.8) is 0 Å². The van der Waals surface area contributed by atoms with E-state index in [1.807, 2.05) is 0 Å².